The largest absolute Gasteiger partial charge is 0.497 e. The van der Waals surface area contributed by atoms with Crippen LogP contribution in [0, 0.1) is 0 Å². The summed E-state index contributed by atoms with van der Waals surface area (Å²) in [7, 11) is 1.64. The predicted octanol–water partition coefficient (Wildman–Crippen LogP) is 5.63. The average molecular weight is 489 g/mol. The van der Waals surface area contributed by atoms with E-state index in [-0.39, 0.29) is 11.7 Å². The Hall–Kier alpha value is -3.78. The summed E-state index contributed by atoms with van der Waals surface area (Å²) in [5.74, 6) is 2.34. The summed E-state index contributed by atoms with van der Waals surface area (Å²) in [6.45, 7) is 4.62. The zero-order valence-corrected chi connectivity index (χ0v) is 20.8. The second-order valence-electron chi connectivity index (χ2n) is 7.64. The molecule has 0 aliphatic rings. The number of benzene rings is 3. The van der Waals surface area contributed by atoms with Gasteiger partial charge in [-0.25, -0.2) is 0 Å². The smallest absolute Gasteiger partial charge is 0.234 e. The predicted molar refractivity (Wildman–Crippen MR) is 140 cm³/mol. The SMILES string of the molecule is CCOc1ccc(-n2c(SCC(=O)Nc3ccccc3CC)nnc2-c2ccc(OC)cc2)cc1. The lowest BCUT2D eigenvalue weighted by atomic mass is 10.1. The lowest BCUT2D eigenvalue weighted by Crippen LogP contribution is -2.15. The molecule has 0 radical (unpaired) electrons. The maximum atomic E-state index is 12.7. The summed E-state index contributed by atoms with van der Waals surface area (Å²) < 4.78 is 12.8. The van der Waals surface area contributed by atoms with Gasteiger partial charge in [-0.2, -0.15) is 0 Å². The van der Waals surface area contributed by atoms with E-state index in [1.165, 1.54) is 11.8 Å². The fourth-order valence-corrected chi connectivity index (χ4v) is 4.40. The van der Waals surface area contributed by atoms with E-state index in [0.717, 1.165) is 40.4 Å². The summed E-state index contributed by atoms with van der Waals surface area (Å²) >= 11 is 1.34. The third-order valence-electron chi connectivity index (χ3n) is 5.39. The number of aryl methyl sites for hydroxylation is 1. The van der Waals surface area contributed by atoms with Gasteiger partial charge in [0.25, 0.3) is 0 Å². The van der Waals surface area contributed by atoms with Gasteiger partial charge in [0.1, 0.15) is 11.5 Å². The molecule has 0 aliphatic heterocycles. The maximum absolute atomic E-state index is 12.7. The van der Waals surface area contributed by atoms with Crippen LogP contribution in [-0.2, 0) is 11.2 Å². The van der Waals surface area contributed by atoms with Crippen LogP contribution in [0.4, 0.5) is 5.69 Å². The van der Waals surface area contributed by atoms with Crippen LogP contribution in [0.25, 0.3) is 17.1 Å². The molecule has 0 aliphatic carbocycles. The number of nitrogens with zero attached hydrogens (tertiary/aromatic N) is 3. The fraction of sp³-hybridized carbons (Fsp3) is 0.222. The van der Waals surface area contributed by atoms with Crippen molar-refractivity contribution in [2.24, 2.45) is 0 Å². The fourth-order valence-electron chi connectivity index (χ4n) is 3.65. The minimum absolute atomic E-state index is 0.0943. The lowest BCUT2D eigenvalue weighted by Gasteiger charge is -2.12. The second-order valence-corrected chi connectivity index (χ2v) is 8.59. The Kier molecular flexibility index (Phi) is 8.05. The summed E-state index contributed by atoms with van der Waals surface area (Å²) in [4.78, 5) is 12.7. The number of carbonyl (C=O) groups is 1. The Morgan fingerprint density at radius 2 is 1.66 bits per heavy atom. The molecule has 1 heterocycles. The molecule has 0 unspecified atom stereocenters. The number of hydrogen-bond acceptors (Lipinski definition) is 6. The number of methoxy groups -OCH3 is 1. The van der Waals surface area contributed by atoms with Crippen LogP contribution in [0.1, 0.15) is 19.4 Å². The van der Waals surface area contributed by atoms with E-state index in [0.29, 0.717) is 17.6 Å². The summed E-state index contributed by atoms with van der Waals surface area (Å²) in [6, 6.07) is 23.3. The molecule has 7 nitrogen and oxygen atoms in total. The van der Waals surface area contributed by atoms with Crippen molar-refractivity contribution < 1.29 is 14.3 Å². The molecular weight excluding hydrogens is 460 g/mol. The molecule has 0 saturated carbocycles. The molecular formula is C27H28N4O3S. The van der Waals surface area contributed by atoms with Crippen molar-refractivity contribution in [3.8, 4) is 28.6 Å². The van der Waals surface area contributed by atoms with Crippen LogP contribution in [-0.4, -0.2) is 40.1 Å². The molecule has 8 heteroatoms. The molecule has 0 fully saturated rings. The highest BCUT2D eigenvalue weighted by Crippen LogP contribution is 2.30. The summed E-state index contributed by atoms with van der Waals surface area (Å²) in [6.07, 6.45) is 0.848. The lowest BCUT2D eigenvalue weighted by molar-refractivity contribution is -0.113. The number of nitrogens with one attached hydrogen (secondary N) is 1. The van der Waals surface area contributed by atoms with E-state index < -0.39 is 0 Å². The maximum Gasteiger partial charge on any atom is 0.234 e. The first-order valence-electron chi connectivity index (χ1n) is 11.5. The first-order valence-corrected chi connectivity index (χ1v) is 12.4. The van der Waals surface area contributed by atoms with Crippen molar-refractivity contribution in [3.05, 3.63) is 78.4 Å². The molecule has 4 rings (SSSR count). The number of anilines is 1. The van der Waals surface area contributed by atoms with Crippen molar-refractivity contribution in [3.63, 3.8) is 0 Å². The molecule has 0 saturated heterocycles. The van der Waals surface area contributed by atoms with Crippen molar-refractivity contribution >= 4 is 23.4 Å². The minimum atomic E-state index is -0.0943. The highest BCUT2D eigenvalue weighted by molar-refractivity contribution is 7.99. The molecule has 0 bridgehead atoms. The first kappa shape index (κ1) is 24.3. The van der Waals surface area contributed by atoms with E-state index in [2.05, 4.69) is 22.4 Å². The Labute approximate surface area is 209 Å². The Morgan fingerprint density at radius 1 is 0.943 bits per heavy atom. The molecule has 1 N–H and O–H groups in total. The standard InChI is InChI=1S/C27H28N4O3S/c1-4-19-8-6-7-9-24(19)28-25(32)18-35-27-30-29-26(20-10-14-22(33-3)15-11-20)31(27)21-12-16-23(17-13-21)34-5-2/h6-17H,4-5,18H2,1-3H3,(H,28,32). The Balaban J connectivity index is 1.60. The van der Waals surface area contributed by atoms with E-state index in [4.69, 9.17) is 9.47 Å². The van der Waals surface area contributed by atoms with Gasteiger partial charge in [-0.1, -0.05) is 36.9 Å². The van der Waals surface area contributed by atoms with Crippen LogP contribution in [0.5, 0.6) is 11.5 Å². The molecule has 4 aromatic rings. The van der Waals surface area contributed by atoms with Gasteiger partial charge in [-0.15, -0.1) is 10.2 Å². The van der Waals surface area contributed by atoms with E-state index in [1.54, 1.807) is 7.11 Å². The minimum Gasteiger partial charge on any atom is -0.497 e. The highest BCUT2D eigenvalue weighted by Gasteiger charge is 2.18. The molecule has 3 aromatic carbocycles. The van der Waals surface area contributed by atoms with Crippen LogP contribution in [0.15, 0.2) is 78.0 Å². The van der Waals surface area contributed by atoms with Crippen LogP contribution in [0.2, 0.25) is 0 Å². The molecule has 1 aromatic heterocycles. The number of para-hydroxylation sites is 1. The molecule has 35 heavy (non-hydrogen) atoms. The number of aromatic nitrogens is 3. The second kappa shape index (κ2) is 11.6. The number of ether oxygens (including phenoxy) is 2. The molecule has 0 atom stereocenters. The summed E-state index contributed by atoms with van der Waals surface area (Å²) in [5, 5.41) is 12.5. The normalized spacial score (nSPS) is 10.7. The quantitative estimate of drug-likeness (QED) is 0.291. The Bertz CT molecular complexity index is 1270. The zero-order chi connectivity index (χ0) is 24.6. The van der Waals surface area contributed by atoms with Gasteiger partial charge in [0, 0.05) is 16.9 Å². The zero-order valence-electron chi connectivity index (χ0n) is 20.0. The van der Waals surface area contributed by atoms with Gasteiger partial charge in [-0.05, 0) is 73.5 Å². The van der Waals surface area contributed by atoms with Gasteiger partial charge in [-0.3, -0.25) is 9.36 Å². The van der Waals surface area contributed by atoms with Crippen molar-refractivity contribution in [2.45, 2.75) is 25.4 Å². The number of amides is 1. The van der Waals surface area contributed by atoms with Crippen molar-refractivity contribution in [1.29, 1.82) is 0 Å². The van der Waals surface area contributed by atoms with E-state index in [9.17, 15) is 4.79 Å². The number of rotatable bonds is 10. The van der Waals surface area contributed by atoms with Gasteiger partial charge in [0.2, 0.25) is 5.91 Å². The average Bonchev–Trinajstić information content (AvgIpc) is 3.32. The van der Waals surface area contributed by atoms with Crippen LogP contribution < -0.4 is 14.8 Å². The number of thioether (sulfide) groups is 1. The number of hydrogen-bond donors (Lipinski definition) is 1. The Morgan fingerprint density at radius 3 is 2.34 bits per heavy atom. The van der Waals surface area contributed by atoms with Gasteiger partial charge >= 0.3 is 0 Å². The van der Waals surface area contributed by atoms with Gasteiger partial charge < -0.3 is 14.8 Å². The van der Waals surface area contributed by atoms with E-state index in [1.807, 2.05) is 84.3 Å². The van der Waals surface area contributed by atoms with Crippen LogP contribution >= 0.6 is 11.8 Å². The van der Waals surface area contributed by atoms with Gasteiger partial charge in [0.15, 0.2) is 11.0 Å². The van der Waals surface area contributed by atoms with Gasteiger partial charge in [0.05, 0.1) is 19.5 Å². The third-order valence-corrected chi connectivity index (χ3v) is 6.32. The first-order chi connectivity index (χ1) is 17.1. The molecule has 1 amide bonds. The monoisotopic (exact) mass is 488 g/mol. The summed E-state index contributed by atoms with van der Waals surface area (Å²) in [5.41, 5.74) is 3.71. The van der Waals surface area contributed by atoms with Crippen LogP contribution in [0.3, 0.4) is 0 Å². The topological polar surface area (TPSA) is 78.3 Å². The molecule has 180 valence electrons. The third kappa shape index (κ3) is 5.84. The molecule has 0 spiro atoms. The van der Waals surface area contributed by atoms with Crippen molar-refractivity contribution in [1.82, 2.24) is 14.8 Å². The van der Waals surface area contributed by atoms with Crippen molar-refractivity contribution in [2.75, 3.05) is 24.8 Å². The van der Waals surface area contributed by atoms with E-state index >= 15 is 0 Å². The highest BCUT2D eigenvalue weighted by atomic mass is 32.2. The number of carbonyl (C=O) groups excluding carboxylic acids is 1.